The van der Waals surface area contributed by atoms with Crippen LogP contribution >= 0.6 is 7.82 Å². The third-order valence-electron chi connectivity index (χ3n) is 11.3. The van der Waals surface area contributed by atoms with Gasteiger partial charge in [0.1, 0.15) is 41.9 Å². The number of phosphoric ester groups is 1. The molecule has 1 unspecified atom stereocenters. The molecule has 0 amide bonds. The molecule has 15 nitrogen and oxygen atoms in total. The van der Waals surface area contributed by atoms with Crippen LogP contribution in [0.25, 0.3) is 11.4 Å². The Morgan fingerprint density at radius 2 is 1.63 bits per heavy atom. The van der Waals surface area contributed by atoms with Gasteiger partial charge in [0, 0.05) is 11.3 Å². The van der Waals surface area contributed by atoms with E-state index in [1.807, 2.05) is 0 Å². The van der Waals surface area contributed by atoms with Crippen molar-refractivity contribution in [3.05, 3.63) is 59.5 Å². The number of phosphoric acid groups is 1. The predicted molar refractivity (Wildman–Crippen MR) is 228 cm³/mol. The van der Waals surface area contributed by atoms with E-state index in [4.69, 9.17) is 34.2 Å². The number of hydrogen-bond acceptors (Lipinski definition) is 11. The van der Waals surface area contributed by atoms with Crippen LogP contribution in [0.4, 0.5) is 4.39 Å². The van der Waals surface area contributed by atoms with Crippen molar-refractivity contribution >= 4 is 20.0 Å². The van der Waals surface area contributed by atoms with Gasteiger partial charge in [-0.2, -0.15) is 4.98 Å². The minimum atomic E-state index is -4.77. The molecular formula is C43H68FN6O9P. The van der Waals surface area contributed by atoms with E-state index in [1.54, 1.807) is 18.2 Å². The number of amidine groups is 1. The second-order valence-corrected chi connectivity index (χ2v) is 17.5. The first-order valence-electron chi connectivity index (χ1n) is 21.8. The topological polar surface area (TPSA) is 232 Å². The van der Waals surface area contributed by atoms with Crippen molar-refractivity contribution in [3.8, 4) is 11.4 Å². The lowest BCUT2D eigenvalue weighted by Crippen LogP contribution is -2.49. The van der Waals surface area contributed by atoms with Crippen LogP contribution in [0.2, 0.25) is 0 Å². The third kappa shape index (κ3) is 15.8. The lowest BCUT2D eigenvalue weighted by atomic mass is 9.91. The normalized spacial score (nSPS) is 21.6. The number of hydrogen-bond donors (Lipinski definition) is 6. The summed E-state index contributed by atoms with van der Waals surface area (Å²) >= 11 is 0. The van der Waals surface area contributed by atoms with Crippen molar-refractivity contribution < 1.29 is 47.1 Å². The highest BCUT2D eigenvalue weighted by molar-refractivity contribution is 7.47. The molecule has 60 heavy (non-hydrogen) atoms. The number of aliphatic hydroxyl groups is 2. The molecule has 1 fully saturated rings. The Kier molecular flexibility index (Phi) is 21.0. The summed E-state index contributed by atoms with van der Waals surface area (Å²) in [5.41, 5.74) is 5.89. The highest BCUT2D eigenvalue weighted by Crippen LogP contribution is 2.50. The molecule has 0 radical (unpaired) electrons. The van der Waals surface area contributed by atoms with Crippen molar-refractivity contribution in [2.75, 3.05) is 6.61 Å². The third-order valence-corrected chi connectivity index (χ3v) is 12.4. The van der Waals surface area contributed by atoms with Gasteiger partial charge in [0.15, 0.2) is 0 Å². The number of benzene rings is 1. The van der Waals surface area contributed by atoms with Gasteiger partial charge in [-0.25, -0.2) is 13.9 Å². The minimum Gasteiger partial charge on any atom is -0.387 e. The van der Waals surface area contributed by atoms with Crippen molar-refractivity contribution in [2.45, 2.75) is 179 Å². The number of nitrogens with two attached hydrogens (primary N) is 1. The van der Waals surface area contributed by atoms with Crippen LogP contribution in [-0.4, -0.2) is 79.0 Å². The number of H-pyrrole nitrogens is 1. The van der Waals surface area contributed by atoms with Gasteiger partial charge in [0.25, 0.3) is 0 Å². The van der Waals surface area contributed by atoms with Crippen LogP contribution in [0.1, 0.15) is 159 Å². The summed E-state index contributed by atoms with van der Waals surface area (Å²) in [6.07, 6.45) is 17.7. The fourth-order valence-corrected chi connectivity index (χ4v) is 8.59. The number of aromatic nitrogens is 3. The van der Waals surface area contributed by atoms with E-state index in [0.29, 0.717) is 28.9 Å². The maximum atomic E-state index is 14.6. The van der Waals surface area contributed by atoms with Gasteiger partial charge in [-0.3, -0.25) is 14.5 Å². The van der Waals surface area contributed by atoms with Crippen molar-refractivity contribution in [1.82, 2.24) is 15.1 Å². The quantitative estimate of drug-likeness (QED) is 0.0154. The van der Waals surface area contributed by atoms with Gasteiger partial charge in [0.2, 0.25) is 12.2 Å². The lowest BCUT2D eigenvalue weighted by Gasteiger charge is -2.34. The highest BCUT2D eigenvalue weighted by atomic mass is 31.2. The number of nitrogens with one attached hydrogen (secondary N) is 2. The molecule has 1 aliphatic heterocycles. The zero-order chi connectivity index (χ0) is 43.4. The van der Waals surface area contributed by atoms with Crippen molar-refractivity contribution in [1.29, 1.82) is 5.41 Å². The number of aromatic amines is 1. The number of nitrogens with zero attached hydrogens (tertiary/aromatic N) is 3. The number of rotatable bonds is 31. The van der Waals surface area contributed by atoms with Crippen LogP contribution in [0.3, 0.4) is 0 Å². The number of ether oxygens (including phenoxy) is 2. The molecule has 0 aliphatic carbocycles. The smallest absolute Gasteiger partial charge is 0.387 e. The maximum absolute atomic E-state index is 14.6. The van der Waals surface area contributed by atoms with E-state index >= 15 is 0 Å². The van der Waals surface area contributed by atoms with E-state index in [2.05, 4.69) is 27.0 Å². The Bertz CT molecular complexity index is 1760. The van der Waals surface area contributed by atoms with E-state index < -0.39 is 49.8 Å². The van der Waals surface area contributed by atoms with Crippen LogP contribution in [0, 0.1) is 11.2 Å². The molecule has 7 N–H and O–H groups in total. The summed E-state index contributed by atoms with van der Waals surface area (Å²) in [5, 5.41) is 32.9. The van der Waals surface area contributed by atoms with Crippen LogP contribution in [0.5, 0.6) is 0 Å². The van der Waals surface area contributed by atoms with E-state index in [-0.39, 0.29) is 24.9 Å². The van der Waals surface area contributed by atoms with Gasteiger partial charge < -0.3 is 39.8 Å². The minimum absolute atomic E-state index is 0.0146. The highest BCUT2D eigenvalue weighted by Gasteiger charge is 2.56. The molecule has 0 bridgehead atoms. The SMILES string of the molecule is CCCCCCCCCCCCCCCCCCC[C@H](COP(=O)(O)O[C@@H](C)[C@@]1(C)O[C@@H](c2ccc(/C(N)=N\C=N)[nH]2)[C@H](O)[C@@H]1O)OCc1cc(F)cc(-c2ncon2)c1. The molecule has 3 heterocycles. The Morgan fingerprint density at radius 1 is 1.02 bits per heavy atom. The molecule has 0 spiro atoms. The Labute approximate surface area is 354 Å². The monoisotopic (exact) mass is 862 g/mol. The Morgan fingerprint density at radius 3 is 2.22 bits per heavy atom. The second kappa shape index (κ2) is 25.6. The zero-order valence-electron chi connectivity index (χ0n) is 35.6. The molecule has 17 heteroatoms. The predicted octanol–water partition coefficient (Wildman–Crippen LogP) is 9.22. The number of aliphatic imine (C=N–C) groups is 1. The average molecular weight is 863 g/mol. The molecule has 1 aliphatic rings. The molecule has 336 valence electrons. The summed E-state index contributed by atoms with van der Waals surface area (Å²) in [6.45, 7) is 4.84. The molecule has 7 atom stereocenters. The van der Waals surface area contributed by atoms with Gasteiger partial charge in [-0.15, -0.1) is 0 Å². The number of halogens is 1. The zero-order valence-corrected chi connectivity index (χ0v) is 36.5. The summed E-state index contributed by atoms with van der Waals surface area (Å²) in [7, 11) is -4.77. The van der Waals surface area contributed by atoms with Crippen LogP contribution in [-0.2, 0) is 29.7 Å². The van der Waals surface area contributed by atoms with Crippen LogP contribution in [0.15, 0.2) is 46.2 Å². The summed E-state index contributed by atoms with van der Waals surface area (Å²) in [4.78, 5) is 21.6. The van der Waals surface area contributed by atoms with Crippen molar-refractivity contribution in [3.63, 3.8) is 0 Å². The Hall–Kier alpha value is -3.34. The van der Waals surface area contributed by atoms with Gasteiger partial charge in [0.05, 0.1) is 31.1 Å². The van der Waals surface area contributed by atoms with E-state index in [9.17, 15) is 24.1 Å². The first-order valence-corrected chi connectivity index (χ1v) is 23.2. The Balaban J connectivity index is 1.26. The van der Waals surface area contributed by atoms with E-state index in [1.165, 1.54) is 109 Å². The molecule has 1 saturated heterocycles. The standard InChI is InChI=1S/C43H68FN6O9P/c1-4-5-6-7-8-9-10-11-12-13-14-15-16-17-18-19-20-21-35(55-27-32-24-33(26-34(44)25-32)42-48-30-56-50-42)28-57-60(53,54)59-31(2)43(3)40(52)38(51)39(58-43)36-22-23-37(49-36)41(46)47-29-45/h22-26,29-31,35,38-40,49,51-52H,4-21,27-28H2,1-3H3,(H,53,54)(H3,45,46,47)/t31-,35+,38-,39-,40-,43+/m0/s1. The average Bonchev–Trinajstić information content (AvgIpc) is 3.99. The first kappa shape index (κ1) is 49.3. The molecule has 3 aromatic rings. The molecule has 1 aromatic carbocycles. The molecule has 2 aromatic heterocycles. The maximum Gasteiger partial charge on any atom is 0.472 e. The lowest BCUT2D eigenvalue weighted by molar-refractivity contribution is -0.133. The van der Waals surface area contributed by atoms with Gasteiger partial charge in [-0.05, 0) is 56.2 Å². The second-order valence-electron chi connectivity index (χ2n) is 16.1. The first-order chi connectivity index (χ1) is 28.9. The van der Waals surface area contributed by atoms with Gasteiger partial charge >= 0.3 is 7.82 Å². The summed E-state index contributed by atoms with van der Waals surface area (Å²) < 4.78 is 56.0. The number of unbranched alkanes of at least 4 members (excludes halogenated alkanes) is 16. The summed E-state index contributed by atoms with van der Waals surface area (Å²) in [6, 6.07) is 7.49. The van der Waals surface area contributed by atoms with Crippen molar-refractivity contribution in [2.24, 2.45) is 10.7 Å². The fraction of sp³-hybridized carbons (Fsp3) is 0.674. The summed E-state index contributed by atoms with van der Waals surface area (Å²) in [5.74, 6) is -0.237. The van der Waals surface area contributed by atoms with Crippen LogP contribution < -0.4 is 5.73 Å². The fourth-order valence-electron chi connectivity index (χ4n) is 7.57. The molecule has 4 rings (SSSR count). The number of aliphatic hydroxyl groups excluding tert-OH is 2. The van der Waals surface area contributed by atoms with E-state index in [0.717, 1.165) is 38.4 Å². The molecular weight excluding hydrogens is 794 g/mol. The molecule has 0 saturated carbocycles. The van der Waals surface area contributed by atoms with Gasteiger partial charge in [-0.1, -0.05) is 121 Å². The largest absolute Gasteiger partial charge is 0.472 e.